The van der Waals surface area contributed by atoms with Crippen LogP contribution in [0.2, 0.25) is 5.02 Å². The average molecular weight is 295 g/mol. The summed E-state index contributed by atoms with van der Waals surface area (Å²) >= 11 is 6.45. The molecule has 4 heteroatoms. The second-order valence-corrected chi connectivity index (χ2v) is 5.77. The van der Waals surface area contributed by atoms with Gasteiger partial charge in [-0.3, -0.25) is 4.79 Å². The van der Waals surface area contributed by atoms with E-state index < -0.39 is 0 Å². The van der Waals surface area contributed by atoms with Crippen molar-refractivity contribution in [2.75, 3.05) is 11.9 Å². The molecule has 1 amide bonds. The summed E-state index contributed by atoms with van der Waals surface area (Å²) in [5.41, 5.74) is 3.05. The van der Waals surface area contributed by atoms with E-state index in [0.717, 1.165) is 41.2 Å². The van der Waals surface area contributed by atoms with Crippen molar-refractivity contribution in [1.29, 1.82) is 0 Å². The molecule has 0 bridgehead atoms. The largest absolute Gasteiger partial charge is 0.325 e. The quantitative estimate of drug-likeness (QED) is 0.835. The van der Waals surface area contributed by atoms with Gasteiger partial charge in [0, 0.05) is 16.8 Å². The summed E-state index contributed by atoms with van der Waals surface area (Å²) in [6.07, 6.45) is 2.68. The molecule has 1 aromatic rings. The molecular formula is C16H23ClN2O. The number of carbonyl (C=O) groups is 1. The summed E-state index contributed by atoms with van der Waals surface area (Å²) in [4.78, 5) is 11.5. The summed E-state index contributed by atoms with van der Waals surface area (Å²) in [7, 11) is 0. The molecule has 1 aliphatic heterocycles. The summed E-state index contributed by atoms with van der Waals surface area (Å²) in [5, 5.41) is 7.14. The van der Waals surface area contributed by atoms with Gasteiger partial charge in [0.05, 0.1) is 6.42 Å². The van der Waals surface area contributed by atoms with Crippen molar-refractivity contribution in [2.45, 2.75) is 46.1 Å². The molecule has 1 atom stereocenters. The second kappa shape index (κ2) is 6.59. The first kappa shape index (κ1) is 15.3. The van der Waals surface area contributed by atoms with Crippen LogP contribution >= 0.6 is 11.6 Å². The normalized spacial score (nSPS) is 15.3. The molecule has 0 spiro atoms. The minimum Gasteiger partial charge on any atom is -0.325 e. The fourth-order valence-electron chi connectivity index (χ4n) is 3.02. The highest BCUT2D eigenvalue weighted by atomic mass is 35.5. The third-order valence-electron chi connectivity index (χ3n) is 4.13. The molecule has 1 heterocycles. The number of benzene rings is 1. The van der Waals surface area contributed by atoms with Crippen molar-refractivity contribution in [1.82, 2.24) is 5.32 Å². The summed E-state index contributed by atoms with van der Waals surface area (Å²) < 4.78 is 0. The van der Waals surface area contributed by atoms with Crippen LogP contribution < -0.4 is 10.6 Å². The van der Waals surface area contributed by atoms with Crippen molar-refractivity contribution in [3.05, 3.63) is 28.3 Å². The molecule has 0 fully saturated rings. The number of hydrogen-bond donors (Lipinski definition) is 2. The van der Waals surface area contributed by atoms with Crippen LogP contribution in [0.15, 0.2) is 12.1 Å². The minimum atomic E-state index is 0.0516. The Morgan fingerprint density at radius 3 is 2.60 bits per heavy atom. The summed E-state index contributed by atoms with van der Waals surface area (Å²) in [6.45, 7) is 7.45. The Morgan fingerprint density at radius 2 is 2.00 bits per heavy atom. The first-order chi connectivity index (χ1) is 9.60. The number of hydrogen-bond acceptors (Lipinski definition) is 2. The zero-order valence-electron chi connectivity index (χ0n) is 12.4. The Morgan fingerprint density at radius 1 is 1.30 bits per heavy atom. The van der Waals surface area contributed by atoms with Gasteiger partial charge >= 0.3 is 0 Å². The van der Waals surface area contributed by atoms with Gasteiger partial charge in [-0.05, 0) is 29.7 Å². The lowest BCUT2D eigenvalue weighted by molar-refractivity contribution is -0.115. The lowest BCUT2D eigenvalue weighted by atomic mass is 9.87. The Kier molecular flexibility index (Phi) is 5.06. The van der Waals surface area contributed by atoms with E-state index in [1.54, 1.807) is 0 Å². The molecule has 1 aliphatic rings. The van der Waals surface area contributed by atoms with Gasteiger partial charge in [-0.25, -0.2) is 0 Å². The summed E-state index contributed by atoms with van der Waals surface area (Å²) in [6, 6.07) is 4.24. The Hall–Kier alpha value is -1.06. The average Bonchev–Trinajstić information content (AvgIpc) is 2.77. The fraction of sp³-hybridized carbons (Fsp3) is 0.562. The number of amides is 1. The number of halogens is 1. The van der Waals surface area contributed by atoms with Gasteiger partial charge in [0.2, 0.25) is 5.91 Å². The molecule has 0 aliphatic carbocycles. The molecule has 0 radical (unpaired) electrons. The fourth-order valence-corrected chi connectivity index (χ4v) is 3.30. The standard InChI is InChI=1S/C16H23ClN2O/c1-4-10(5-2)16(18-6-3)12-7-11-8-15(20)19-14(11)9-13(12)17/h7,9-10,16,18H,4-6,8H2,1-3H3,(H,19,20). The van der Waals surface area contributed by atoms with Gasteiger partial charge in [0.25, 0.3) is 0 Å². The number of anilines is 1. The maximum absolute atomic E-state index is 11.5. The molecule has 20 heavy (non-hydrogen) atoms. The molecule has 2 rings (SSSR count). The van der Waals surface area contributed by atoms with E-state index in [0.29, 0.717) is 12.3 Å². The predicted molar refractivity (Wildman–Crippen MR) is 84.3 cm³/mol. The monoisotopic (exact) mass is 294 g/mol. The van der Waals surface area contributed by atoms with E-state index in [9.17, 15) is 4.79 Å². The lowest BCUT2D eigenvalue weighted by Gasteiger charge is -2.28. The van der Waals surface area contributed by atoms with Crippen LogP contribution in [0.4, 0.5) is 5.69 Å². The van der Waals surface area contributed by atoms with Gasteiger partial charge in [-0.2, -0.15) is 0 Å². The van der Waals surface area contributed by atoms with Crippen molar-refractivity contribution in [2.24, 2.45) is 5.92 Å². The SMILES string of the molecule is CCNC(c1cc2c(cc1Cl)NC(=O)C2)C(CC)CC. The maximum Gasteiger partial charge on any atom is 0.228 e. The van der Waals surface area contributed by atoms with Gasteiger partial charge in [-0.15, -0.1) is 0 Å². The zero-order valence-corrected chi connectivity index (χ0v) is 13.2. The smallest absolute Gasteiger partial charge is 0.228 e. The number of carbonyl (C=O) groups excluding carboxylic acids is 1. The molecule has 110 valence electrons. The van der Waals surface area contributed by atoms with Crippen molar-refractivity contribution in [3.8, 4) is 0 Å². The first-order valence-electron chi connectivity index (χ1n) is 7.46. The molecule has 2 N–H and O–H groups in total. The minimum absolute atomic E-state index is 0.0516. The summed E-state index contributed by atoms with van der Waals surface area (Å²) in [5.74, 6) is 0.603. The molecule has 0 saturated heterocycles. The van der Waals surface area contributed by atoms with Gasteiger partial charge in [-0.1, -0.05) is 51.3 Å². The van der Waals surface area contributed by atoms with E-state index >= 15 is 0 Å². The molecule has 1 unspecified atom stereocenters. The topological polar surface area (TPSA) is 41.1 Å². The van der Waals surface area contributed by atoms with Crippen LogP contribution in [0.5, 0.6) is 0 Å². The van der Waals surface area contributed by atoms with Crippen LogP contribution in [0, 0.1) is 5.92 Å². The molecule has 3 nitrogen and oxygen atoms in total. The molecular weight excluding hydrogens is 272 g/mol. The van der Waals surface area contributed by atoms with E-state index in [-0.39, 0.29) is 11.9 Å². The predicted octanol–water partition coefficient (Wildman–Crippen LogP) is 3.92. The highest BCUT2D eigenvalue weighted by Gasteiger charge is 2.26. The van der Waals surface area contributed by atoms with E-state index in [2.05, 4.69) is 37.5 Å². The van der Waals surface area contributed by atoms with Crippen molar-refractivity contribution >= 4 is 23.2 Å². The number of fused-ring (bicyclic) bond motifs is 1. The zero-order chi connectivity index (χ0) is 14.7. The Labute approximate surface area is 126 Å². The van der Waals surface area contributed by atoms with Gasteiger partial charge in [0.15, 0.2) is 0 Å². The first-order valence-corrected chi connectivity index (χ1v) is 7.83. The van der Waals surface area contributed by atoms with Crippen molar-refractivity contribution in [3.63, 3.8) is 0 Å². The van der Waals surface area contributed by atoms with Crippen LogP contribution in [0.25, 0.3) is 0 Å². The van der Waals surface area contributed by atoms with Crippen molar-refractivity contribution < 1.29 is 4.79 Å². The van der Waals surface area contributed by atoms with Gasteiger partial charge < -0.3 is 10.6 Å². The lowest BCUT2D eigenvalue weighted by Crippen LogP contribution is -2.28. The van der Waals surface area contributed by atoms with Crippen LogP contribution in [-0.2, 0) is 11.2 Å². The number of rotatable bonds is 6. The maximum atomic E-state index is 11.5. The third kappa shape index (κ3) is 2.99. The highest BCUT2D eigenvalue weighted by Crippen LogP contribution is 2.37. The van der Waals surface area contributed by atoms with Crippen LogP contribution in [0.1, 0.15) is 50.8 Å². The van der Waals surface area contributed by atoms with Gasteiger partial charge in [0.1, 0.15) is 0 Å². The third-order valence-corrected chi connectivity index (χ3v) is 4.45. The van der Waals surface area contributed by atoms with E-state index in [4.69, 9.17) is 11.6 Å². The number of nitrogens with one attached hydrogen (secondary N) is 2. The van der Waals surface area contributed by atoms with Crippen LogP contribution in [0.3, 0.4) is 0 Å². The second-order valence-electron chi connectivity index (χ2n) is 5.37. The van der Waals surface area contributed by atoms with E-state index in [1.807, 2.05) is 6.07 Å². The molecule has 0 saturated carbocycles. The van der Waals surface area contributed by atoms with E-state index in [1.165, 1.54) is 0 Å². The molecule has 1 aromatic carbocycles. The highest BCUT2D eigenvalue weighted by molar-refractivity contribution is 6.32. The Bertz CT molecular complexity index is 497. The van der Waals surface area contributed by atoms with Crippen LogP contribution in [-0.4, -0.2) is 12.5 Å². The molecule has 0 aromatic heterocycles. The Balaban J connectivity index is 2.38.